The molecule has 0 unspecified atom stereocenters. The Morgan fingerprint density at radius 1 is 1.13 bits per heavy atom. The highest BCUT2D eigenvalue weighted by Crippen LogP contribution is 2.34. The summed E-state index contributed by atoms with van der Waals surface area (Å²) in [5.74, 6) is -1.74. The Hall–Kier alpha value is -3.11. The third kappa shape index (κ3) is 6.19. The third-order valence-electron chi connectivity index (χ3n) is 4.04. The van der Waals surface area contributed by atoms with Crippen LogP contribution in [0.15, 0.2) is 18.2 Å². The number of anilines is 3. The number of hydrogen-bond acceptors (Lipinski definition) is 7. The highest BCUT2D eigenvalue weighted by Gasteiger charge is 2.26. The number of carbonyl (C=O) groups excluding carboxylic acids is 4. The van der Waals surface area contributed by atoms with E-state index in [1.165, 1.54) is 14.0 Å². The fourth-order valence-corrected chi connectivity index (χ4v) is 4.02. The zero-order valence-corrected chi connectivity index (χ0v) is 19.0. The van der Waals surface area contributed by atoms with Crippen molar-refractivity contribution in [2.75, 3.05) is 36.1 Å². The molecular weight excluding hydrogens is 444 g/mol. The zero-order chi connectivity index (χ0) is 23.1. The molecule has 0 radical (unpaired) electrons. The van der Waals surface area contributed by atoms with Gasteiger partial charge in [0.05, 0.1) is 35.0 Å². The van der Waals surface area contributed by atoms with Crippen LogP contribution in [-0.2, 0) is 14.3 Å². The van der Waals surface area contributed by atoms with Crippen LogP contribution in [0.25, 0.3) is 0 Å². The molecule has 4 N–H and O–H groups in total. The lowest BCUT2D eigenvalue weighted by molar-refractivity contribution is -0.115. The van der Waals surface area contributed by atoms with E-state index in [-0.39, 0.29) is 35.5 Å². The van der Waals surface area contributed by atoms with Gasteiger partial charge in [-0.15, -0.1) is 11.3 Å². The number of carbonyl (C=O) groups is 4. The highest BCUT2D eigenvalue weighted by atomic mass is 35.5. The monoisotopic (exact) mass is 466 g/mol. The van der Waals surface area contributed by atoms with E-state index in [0.29, 0.717) is 26.8 Å². The lowest BCUT2D eigenvalue weighted by atomic mass is 10.1. The van der Waals surface area contributed by atoms with Crippen LogP contribution in [0.1, 0.15) is 39.4 Å². The standard InChI is InChI=1S/C20H23ClN4O5S/c1-5-30-20(29)16-10(2)17(18(28)22-4)31-19(16)25-15(27)9-23-14-8-12(21)6-7-13(14)24-11(3)26/h6-8,23H,5,9H2,1-4H3,(H,22,28)(H,24,26)(H,25,27). The summed E-state index contributed by atoms with van der Waals surface area (Å²) < 4.78 is 5.07. The van der Waals surface area contributed by atoms with Crippen molar-refractivity contribution in [2.45, 2.75) is 20.8 Å². The van der Waals surface area contributed by atoms with Crippen LogP contribution in [0.2, 0.25) is 5.02 Å². The molecule has 31 heavy (non-hydrogen) atoms. The Morgan fingerprint density at radius 2 is 1.84 bits per heavy atom. The van der Waals surface area contributed by atoms with Crippen LogP contribution in [0, 0.1) is 6.92 Å². The van der Waals surface area contributed by atoms with E-state index in [1.807, 2.05) is 0 Å². The Balaban J connectivity index is 2.22. The molecule has 11 heteroatoms. The van der Waals surface area contributed by atoms with Gasteiger partial charge in [0.1, 0.15) is 5.00 Å². The van der Waals surface area contributed by atoms with Gasteiger partial charge in [0.15, 0.2) is 0 Å². The molecule has 0 bridgehead atoms. The maximum atomic E-state index is 12.6. The van der Waals surface area contributed by atoms with Crippen molar-refractivity contribution in [2.24, 2.45) is 0 Å². The molecule has 0 spiro atoms. The Morgan fingerprint density at radius 3 is 2.45 bits per heavy atom. The van der Waals surface area contributed by atoms with Crippen molar-refractivity contribution in [3.05, 3.63) is 39.2 Å². The molecule has 2 aromatic rings. The van der Waals surface area contributed by atoms with Gasteiger partial charge in [0, 0.05) is 19.0 Å². The smallest absolute Gasteiger partial charge is 0.341 e. The average Bonchev–Trinajstić information content (AvgIpc) is 3.03. The summed E-state index contributed by atoms with van der Waals surface area (Å²) in [5.41, 5.74) is 1.48. The van der Waals surface area contributed by atoms with E-state index < -0.39 is 11.9 Å². The lowest BCUT2D eigenvalue weighted by Gasteiger charge is -2.13. The molecule has 9 nitrogen and oxygen atoms in total. The summed E-state index contributed by atoms with van der Waals surface area (Å²) in [6.07, 6.45) is 0. The molecule has 166 valence electrons. The van der Waals surface area contributed by atoms with Gasteiger partial charge in [-0.2, -0.15) is 0 Å². The number of rotatable bonds is 8. The number of benzene rings is 1. The number of thiophene rings is 1. The van der Waals surface area contributed by atoms with Gasteiger partial charge in [0.2, 0.25) is 11.8 Å². The van der Waals surface area contributed by atoms with Crippen molar-refractivity contribution >= 4 is 63.0 Å². The molecule has 0 aliphatic heterocycles. The summed E-state index contributed by atoms with van der Waals surface area (Å²) in [7, 11) is 1.48. The molecule has 0 saturated carbocycles. The minimum atomic E-state index is -0.627. The van der Waals surface area contributed by atoms with Gasteiger partial charge in [-0.25, -0.2) is 4.79 Å². The number of amides is 3. The number of ether oxygens (including phenoxy) is 1. The summed E-state index contributed by atoms with van der Waals surface area (Å²) >= 11 is 6.99. The highest BCUT2D eigenvalue weighted by molar-refractivity contribution is 7.18. The quantitative estimate of drug-likeness (QED) is 0.442. The summed E-state index contributed by atoms with van der Waals surface area (Å²) in [6.45, 7) is 4.62. The molecule has 1 heterocycles. The fourth-order valence-electron chi connectivity index (χ4n) is 2.69. The van der Waals surface area contributed by atoms with Gasteiger partial charge in [-0.3, -0.25) is 14.4 Å². The second-order valence-corrected chi connectivity index (χ2v) is 7.79. The lowest BCUT2D eigenvalue weighted by Crippen LogP contribution is -2.23. The first kappa shape index (κ1) is 24.2. The first-order valence-electron chi connectivity index (χ1n) is 9.31. The molecule has 3 amide bonds. The molecular formula is C20H23ClN4O5S. The molecule has 2 rings (SSSR count). The second kappa shape index (κ2) is 10.8. The normalized spacial score (nSPS) is 10.2. The van der Waals surface area contributed by atoms with E-state index in [0.717, 1.165) is 11.3 Å². The minimum absolute atomic E-state index is 0.139. The number of halogens is 1. The van der Waals surface area contributed by atoms with E-state index in [9.17, 15) is 19.2 Å². The third-order valence-corrected chi connectivity index (χ3v) is 5.49. The van der Waals surface area contributed by atoms with Crippen molar-refractivity contribution in [3.8, 4) is 0 Å². The van der Waals surface area contributed by atoms with Crippen molar-refractivity contribution in [3.63, 3.8) is 0 Å². The molecule has 0 atom stereocenters. The number of esters is 1. The summed E-state index contributed by atoms with van der Waals surface area (Å²) in [4.78, 5) is 48.7. The largest absolute Gasteiger partial charge is 0.462 e. The van der Waals surface area contributed by atoms with E-state index in [4.69, 9.17) is 16.3 Å². The Kier molecular flexibility index (Phi) is 8.40. The van der Waals surface area contributed by atoms with E-state index >= 15 is 0 Å². The van der Waals surface area contributed by atoms with E-state index in [2.05, 4.69) is 21.3 Å². The second-order valence-electron chi connectivity index (χ2n) is 6.33. The van der Waals surface area contributed by atoms with Gasteiger partial charge < -0.3 is 26.0 Å². The van der Waals surface area contributed by atoms with Crippen molar-refractivity contribution in [1.29, 1.82) is 0 Å². The molecule has 0 saturated heterocycles. The summed E-state index contributed by atoms with van der Waals surface area (Å²) in [6, 6.07) is 4.79. The number of nitrogens with one attached hydrogen (secondary N) is 4. The van der Waals surface area contributed by atoms with Gasteiger partial charge in [-0.1, -0.05) is 11.6 Å². The predicted octanol–water partition coefficient (Wildman–Crippen LogP) is 3.26. The SMILES string of the molecule is CCOC(=O)c1c(NC(=O)CNc2cc(Cl)ccc2NC(C)=O)sc(C(=O)NC)c1C. The van der Waals surface area contributed by atoms with Gasteiger partial charge >= 0.3 is 5.97 Å². The summed E-state index contributed by atoms with van der Waals surface area (Å²) in [5, 5.41) is 11.4. The van der Waals surface area contributed by atoms with Crippen molar-refractivity contribution in [1.82, 2.24) is 5.32 Å². The Bertz CT molecular complexity index is 1020. The van der Waals surface area contributed by atoms with Gasteiger partial charge in [-0.05, 0) is 37.6 Å². The first-order chi connectivity index (χ1) is 14.7. The average molecular weight is 467 g/mol. The zero-order valence-electron chi connectivity index (χ0n) is 17.5. The van der Waals surface area contributed by atoms with Crippen LogP contribution >= 0.6 is 22.9 Å². The molecule has 0 fully saturated rings. The van der Waals surface area contributed by atoms with E-state index in [1.54, 1.807) is 32.0 Å². The Labute approximate surface area is 188 Å². The van der Waals surface area contributed by atoms with Crippen LogP contribution in [0.5, 0.6) is 0 Å². The minimum Gasteiger partial charge on any atom is -0.462 e. The molecule has 1 aromatic heterocycles. The fraction of sp³-hybridized carbons (Fsp3) is 0.300. The topological polar surface area (TPSA) is 126 Å². The predicted molar refractivity (Wildman–Crippen MR) is 121 cm³/mol. The first-order valence-corrected chi connectivity index (χ1v) is 10.5. The number of hydrogen-bond donors (Lipinski definition) is 4. The molecule has 0 aliphatic carbocycles. The van der Waals surface area contributed by atoms with Crippen LogP contribution < -0.4 is 21.3 Å². The molecule has 1 aromatic carbocycles. The van der Waals surface area contributed by atoms with Gasteiger partial charge in [0.25, 0.3) is 5.91 Å². The van der Waals surface area contributed by atoms with Crippen molar-refractivity contribution < 1.29 is 23.9 Å². The van der Waals surface area contributed by atoms with Crippen LogP contribution in [-0.4, -0.2) is 43.9 Å². The molecule has 0 aliphatic rings. The van der Waals surface area contributed by atoms with Crippen LogP contribution in [0.3, 0.4) is 0 Å². The maximum Gasteiger partial charge on any atom is 0.341 e. The van der Waals surface area contributed by atoms with Crippen LogP contribution in [0.4, 0.5) is 16.4 Å². The maximum absolute atomic E-state index is 12.6.